The molecule has 0 saturated carbocycles. The van der Waals surface area contributed by atoms with E-state index < -0.39 is 5.60 Å². The summed E-state index contributed by atoms with van der Waals surface area (Å²) in [5.41, 5.74) is 0.566. The SMILES string of the molecule is CN1CC2(CCN(C(=O)Cn3ccnc3-c3ccccc3)CC2)OC1=O. The van der Waals surface area contributed by atoms with Gasteiger partial charge in [-0.3, -0.25) is 4.79 Å². The highest BCUT2D eigenvalue weighted by molar-refractivity contribution is 5.77. The molecule has 0 atom stereocenters. The van der Waals surface area contributed by atoms with Crippen molar-refractivity contribution in [3.05, 3.63) is 42.7 Å². The van der Waals surface area contributed by atoms with Crippen molar-refractivity contribution < 1.29 is 14.3 Å². The molecule has 26 heavy (non-hydrogen) atoms. The molecule has 1 spiro atoms. The predicted molar refractivity (Wildman–Crippen MR) is 95.3 cm³/mol. The number of nitrogens with zero attached hydrogens (tertiary/aromatic N) is 4. The summed E-state index contributed by atoms with van der Waals surface area (Å²) in [4.78, 5) is 32.2. The summed E-state index contributed by atoms with van der Waals surface area (Å²) in [6.45, 7) is 2.08. The number of likely N-dealkylation sites (N-methyl/N-ethyl adjacent to an activating group) is 1. The molecule has 2 fully saturated rings. The van der Waals surface area contributed by atoms with Crippen molar-refractivity contribution in [3.8, 4) is 11.4 Å². The van der Waals surface area contributed by atoms with Gasteiger partial charge in [-0.1, -0.05) is 30.3 Å². The first-order valence-corrected chi connectivity index (χ1v) is 8.85. The molecule has 2 saturated heterocycles. The van der Waals surface area contributed by atoms with E-state index in [0.29, 0.717) is 32.5 Å². The van der Waals surface area contributed by atoms with Crippen LogP contribution in [-0.2, 0) is 16.1 Å². The second kappa shape index (κ2) is 6.48. The number of hydrogen-bond donors (Lipinski definition) is 0. The minimum absolute atomic E-state index is 0.0627. The van der Waals surface area contributed by atoms with Crippen LogP contribution in [-0.4, -0.2) is 63.6 Å². The van der Waals surface area contributed by atoms with E-state index in [4.69, 9.17) is 4.74 Å². The zero-order valence-electron chi connectivity index (χ0n) is 14.8. The van der Waals surface area contributed by atoms with Crippen molar-refractivity contribution in [1.29, 1.82) is 0 Å². The number of imidazole rings is 1. The minimum atomic E-state index is -0.424. The maximum Gasteiger partial charge on any atom is 0.410 e. The number of likely N-dealkylation sites (tertiary alicyclic amines) is 1. The van der Waals surface area contributed by atoms with E-state index in [-0.39, 0.29) is 18.5 Å². The van der Waals surface area contributed by atoms with Gasteiger partial charge in [0.2, 0.25) is 5.91 Å². The number of carbonyl (C=O) groups excluding carboxylic acids is 2. The molecule has 7 nitrogen and oxygen atoms in total. The number of hydrogen-bond acceptors (Lipinski definition) is 4. The van der Waals surface area contributed by atoms with Gasteiger partial charge in [-0.2, -0.15) is 0 Å². The lowest BCUT2D eigenvalue weighted by atomic mass is 9.91. The molecule has 0 unspecified atom stereocenters. The second-order valence-corrected chi connectivity index (χ2v) is 7.03. The van der Waals surface area contributed by atoms with Crippen molar-refractivity contribution in [1.82, 2.24) is 19.4 Å². The van der Waals surface area contributed by atoms with Crippen molar-refractivity contribution in [2.45, 2.75) is 25.0 Å². The van der Waals surface area contributed by atoms with Crippen LogP contribution in [0.15, 0.2) is 42.7 Å². The van der Waals surface area contributed by atoms with Crippen molar-refractivity contribution in [2.24, 2.45) is 0 Å². The minimum Gasteiger partial charge on any atom is -0.441 e. The number of benzene rings is 1. The molecular weight excluding hydrogens is 332 g/mol. The van der Waals surface area contributed by atoms with Gasteiger partial charge in [-0.25, -0.2) is 9.78 Å². The Hall–Kier alpha value is -2.83. The zero-order chi connectivity index (χ0) is 18.1. The molecule has 2 aliphatic heterocycles. The number of carbonyl (C=O) groups is 2. The van der Waals surface area contributed by atoms with Gasteiger partial charge in [0.25, 0.3) is 0 Å². The lowest BCUT2D eigenvalue weighted by Crippen LogP contribution is -2.49. The van der Waals surface area contributed by atoms with Crippen LogP contribution in [0.25, 0.3) is 11.4 Å². The van der Waals surface area contributed by atoms with Gasteiger partial charge in [-0.15, -0.1) is 0 Å². The normalized spacial score (nSPS) is 19.0. The Bertz CT molecular complexity index is 809. The number of piperidine rings is 1. The molecule has 2 aromatic rings. The van der Waals surface area contributed by atoms with Crippen LogP contribution in [0.2, 0.25) is 0 Å². The third-order valence-electron chi connectivity index (χ3n) is 5.22. The van der Waals surface area contributed by atoms with Crippen LogP contribution in [0.1, 0.15) is 12.8 Å². The fourth-order valence-corrected chi connectivity index (χ4v) is 3.75. The third kappa shape index (κ3) is 3.05. The molecule has 1 aromatic carbocycles. The first-order valence-electron chi connectivity index (χ1n) is 8.85. The monoisotopic (exact) mass is 354 g/mol. The summed E-state index contributed by atoms with van der Waals surface area (Å²) in [6, 6.07) is 9.84. The Labute approximate surface area is 152 Å². The standard InChI is InChI=1S/C19H22N4O3/c1-21-14-19(26-18(21)25)7-10-22(11-8-19)16(24)13-23-12-9-20-17(23)15-5-3-2-4-6-15/h2-6,9,12H,7-8,10-11,13-14H2,1H3. The molecule has 0 N–H and O–H groups in total. The van der Waals surface area contributed by atoms with E-state index in [1.165, 1.54) is 0 Å². The second-order valence-electron chi connectivity index (χ2n) is 7.03. The topological polar surface area (TPSA) is 67.7 Å². The number of aromatic nitrogens is 2. The van der Waals surface area contributed by atoms with E-state index in [1.807, 2.05) is 46.0 Å². The highest BCUT2D eigenvalue weighted by Crippen LogP contribution is 2.32. The third-order valence-corrected chi connectivity index (χ3v) is 5.22. The van der Waals surface area contributed by atoms with Crippen molar-refractivity contribution in [2.75, 3.05) is 26.7 Å². The lowest BCUT2D eigenvalue weighted by Gasteiger charge is -2.37. The summed E-state index contributed by atoms with van der Waals surface area (Å²) in [5, 5.41) is 0. The van der Waals surface area contributed by atoms with Crippen LogP contribution in [0.5, 0.6) is 0 Å². The van der Waals surface area contributed by atoms with E-state index in [9.17, 15) is 9.59 Å². The number of rotatable bonds is 3. The first-order chi connectivity index (χ1) is 12.6. The molecule has 0 bridgehead atoms. The Morgan fingerprint density at radius 3 is 2.62 bits per heavy atom. The van der Waals surface area contributed by atoms with Crippen LogP contribution in [0, 0.1) is 0 Å². The van der Waals surface area contributed by atoms with Crippen LogP contribution in [0.4, 0.5) is 4.79 Å². The summed E-state index contributed by atoms with van der Waals surface area (Å²) in [7, 11) is 1.75. The molecule has 1 aromatic heterocycles. The molecule has 2 amide bonds. The highest BCUT2D eigenvalue weighted by atomic mass is 16.6. The zero-order valence-corrected chi connectivity index (χ0v) is 14.8. The van der Waals surface area contributed by atoms with Crippen LogP contribution < -0.4 is 0 Å². The van der Waals surface area contributed by atoms with Gasteiger partial charge in [-0.05, 0) is 0 Å². The largest absolute Gasteiger partial charge is 0.441 e. The van der Waals surface area contributed by atoms with E-state index in [2.05, 4.69) is 4.98 Å². The van der Waals surface area contributed by atoms with Gasteiger partial charge < -0.3 is 19.1 Å². The Balaban J connectivity index is 1.40. The summed E-state index contributed by atoms with van der Waals surface area (Å²) in [5.74, 6) is 0.853. The van der Waals surface area contributed by atoms with Crippen molar-refractivity contribution in [3.63, 3.8) is 0 Å². The van der Waals surface area contributed by atoms with Gasteiger partial charge in [0.15, 0.2) is 0 Å². The smallest absolute Gasteiger partial charge is 0.410 e. The van der Waals surface area contributed by atoms with Gasteiger partial charge in [0.1, 0.15) is 18.0 Å². The van der Waals surface area contributed by atoms with E-state index in [1.54, 1.807) is 18.1 Å². The maximum atomic E-state index is 12.7. The summed E-state index contributed by atoms with van der Waals surface area (Å²) in [6.07, 6.45) is 4.65. The van der Waals surface area contributed by atoms with Gasteiger partial charge >= 0.3 is 6.09 Å². The molecule has 2 aliphatic rings. The summed E-state index contributed by atoms with van der Waals surface area (Å²) >= 11 is 0. The number of amides is 2. The molecule has 0 radical (unpaired) electrons. The lowest BCUT2D eigenvalue weighted by molar-refractivity contribution is -0.135. The van der Waals surface area contributed by atoms with E-state index in [0.717, 1.165) is 11.4 Å². The average Bonchev–Trinajstić information content (AvgIpc) is 3.21. The molecule has 4 rings (SSSR count). The Morgan fingerprint density at radius 1 is 1.23 bits per heavy atom. The molecule has 3 heterocycles. The first kappa shape index (κ1) is 16.6. The van der Waals surface area contributed by atoms with Gasteiger partial charge in [0.05, 0.1) is 6.54 Å². The van der Waals surface area contributed by atoms with E-state index >= 15 is 0 Å². The summed E-state index contributed by atoms with van der Waals surface area (Å²) < 4.78 is 7.43. The highest BCUT2D eigenvalue weighted by Gasteiger charge is 2.46. The predicted octanol–water partition coefficient (Wildman–Crippen LogP) is 1.99. The maximum absolute atomic E-state index is 12.7. The van der Waals surface area contributed by atoms with Crippen molar-refractivity contribution >= 4 is 12.0 Å². The average molecular weight is 354 g/mol. The van der Waals surface area contributed by atoms with Crippen LogP contribution in [0.3, 0.4) is 0 Å². The van der Waals surface area contributed by atoms with Gasteiger partial charge in [0, 0.05) is 50.9 Å². The molecule has 7 heteroatoms. The molecule has 136 valence electrons. The fraction of sp³-hybridized carbons (Fsp3) is 0.421. The molecule has 0 aliphatic carbocycles. The number of ether oxygens (including phenoxy) is 1. The quantitative estimate of drug-likeness (QED) is 0.845. The molecular formula is C19H22N4O3. The Morgan fingerprint density at radius 2 is 1.96 bits per heavy atom. The Kier molecular flexibility index (Phi) is 4.14. The van der Waals surface area contributed by atoms with Crippen LogP contribution >= 0.6 is 0 Å². The fourth-order valence-electron chi connectivity index (χ4n) is 3.75.